The van der Waals surface area contributed by atoms with Crippen LogP contribution >= 0.6 is 0 Å². The maximum Gasteiger partial charge on any atom is 0.350 e. The molecule has 1 saturated heterocycles. The zero-order chi connectivity index (χ0) is 16.5. The molecule has 4 N–H and O–H groups in total. The first kappa shape index (κ1) is 16.1. The van der Waals surface area contributed by atoms with Gasteiger partial charge in [0, 0.05) is 0 Å². The van der Waals surface area contributed by atoms with Crippen molar-refractivity contribution in [2.75, 3.05) is 0 Å². The Bertz CT molecular complexity index is 744. The Morgan fingerprint density at radius 3 is 2.86 bits per heavy atom. The summed E-state index contributed by atoms with van der Waals surface area (Å²) in [6.45, 7) is 4.80. The SMILES string of the molecule is C=C[C@@H](O)[C@H]1O[C@@H](n2cnc(=O)[nH]c2=O)C(O)(C#CC)[C@H]1O. The fourth-order valence-corrected chi connectivity index (χ4v) is 2.26. The molecule has 5 atom stereocenters. The highest BCUT2D eigenvalue weighted by Gasteiger charge is 2.57. The molecule has 1 aliphatic rings. The molecule has 0 saturated carbocycles. The lowest BCUT2D eigenvalue weighted by Gasteiger charge is -2.26. The molecule has 1 aromatic heterocycles. The number of aliphatic hydroxyl groups is 3. The van der Waals surface area contributed by atoms with E-state index in [0.717, 1.165) is 17.0 Å². The quantitative estimate of drug-likeness (QED) is 0.357. The van der Waals surface area contributed by atoms with Crippen molar-refractivity contribution in [1.29, 1.82) is 0 Å². The molecule has 118 valence electrons. The molecule has 2 heterocycles. The number of rotatable bonds is 3. The molecule has 0 radical (unpaired) electrons. The van der Waals surface area contributed by atoms with E-state index in [4.69, 9.17) is 4.74 Å². The summed E-state index contributed by atoms with van der Waals surface area (Å²) < 4.78 is 6.16. The maximum atomic E-state index is 11.8. The zero-order valence-corrected chi connectivity index (χ0v) is 11.6. The lowest BCUT2D eigenvalue weighted by atomic mass is 9.92. The standard InChI is InChI=1S/C13H15N3O6/c1-3-5-13(21)9(18)8(7(17)4-2)22-10(13)16-6-14-11(19)15-12(16)20/h4,6-10,17-18,21H,2H2,1H3,(H,15,19,20)/t7-,8-,9+,10-,13?/m1/s1. The van der Waals surface area contributed by atoms with Gasteiger partial charge in [-0.2, -0.15) is 4.98 Å². The van der Waals surface area contributed by atoms with Crippen LogP contribution in [0.3, 0.4) is 0 Å². The van der Waals surface area contributed by atoms with E-state index in [-0.39, 0.29) is 0 Å². The van der Waals surface area contributed by atoms with Crippen molar-refractivity contribution in [3.05, 3.63) is 40.0 Å². The summed E-state index contributed by atoms with van der Waals surface area (Å²) in [5.74, 6) is 4.81. The number of aromatic amines is 1. The Morgan fingerprint density at radius 2 is 2.32 bits per heavy atom. The van der Waals surface area contributed by atoms with E-state index >= 15 is 0 Å². The van der Waals surface area contributed by atoms with Crippen LogP contribution in [0.4, 0.5) is 0 Å². The molecule has 9 heteroatoms. The fourth-order valence-electron chi connectivity index (χ4n) is 2.26. The van der Waals surface area contributed by atoms with E-state index in [0.29, 0.717) is 0 Å². The number of nitrogens with one attached hydrogen (secondary N) is 1. The van der Waals surface area contributed by atoms with Crippen LogP contribution in [0, 0.1) is 11.8 Å². The summed E-state index contributed by atoms with van der Waals surface area (Å²) in [5, 5.41) is 30.6. The van der Waals surface area contributed by atoms with E-state index in [9.17, 15) is 24.9 Å². The molecule has 0 aliphatic carbocycles. The van der Waals surface area contributed by atoms with Crippen LogP contribution in [-0.4, -0.2) is 53.8 Å². The van der Waals surface area contributed by atoms with E-state index in [1.807, 2.05) is 4.98 Å². The van der Waals surface area contributed by atoms with Gasteiger partial charge in [0.1, 0.15) is 24.6 Å². The predicted molar refractivity (Wildman–Crippen MR) is 73.6 cm³/mol. The summed E-state index contributed by atoms with van der Waals surface area (Å²) in [6.07, 6.45) is -3.65. The van der Waals surface area contributed by atoms with E-state index in [1.54, 1.807) is 0 Å². The summed E-state index contributed by atoms with van der Waals surface area (Å²) in [7, 11) is 0. The van der Waals surface area contributed by atoms with Gasteiger partial charge in [-0.25, -0.2) is 9.59 Å². The van der Waals surface area contributed by atoms with Crippen LogP contribution in [0.15, 0.2) is 28.6 Å². The Balaban J connectivity index is 2.56. The van der Waals surface area contributed by atoms with Crippen molar-refractivity contribution in [2.24, 2.45) is 0 Å². The molecular formula is C13H15N3O6. The van der Waals surface area contributed by atoms with Crippen molar-refractivity contribution >= 4 is 0 Å². The summed E-state index contributed by atoms with van der Waals surface area (Å²) in [6, 6.07) is 0. The first-order valence-electron chi connectivity index (χ1n) is 6.33. The summed E-state index contributed by atoms with van der Waals surface area (Å²) in [5.41, 5.74) is -3.94. The normalized spacial score (nSPS) is 32.1. The topological polar surface area (TPSA) is 138 Å². The van der Waals surface area contributed by atoms with Gasteiger partial charge < -0.3 is 20.1 Å². The summed E-state index contributed by atoms with van der Waals surface area (Å²) >= 11 is 0. The van der Waals surface area contributed by atoms with Gasteiger partial charge in [-0.15, -0.1) is 12.5 Å². The molecule has 9 nitrogen and oxygen atoms in total. The van der Waals surface area contributed by atoms with Gasteiger partial charge in [-0.05, 0) is 6.92 Å². The largest absolute Gasteiger partial charge is 0.386 e. The van der Waals surface area contributed by atoms with Gasteiger partial charge in [-0.3, -0.25) is 9.55 Å². The Kier molecular flexibility index (Phi) is 4.30. The molecule has 0 bridgehead atoms. The lowest BCUT2D eigenvalue weighted by Crippen LogP contribution is -2.49. The average molecular weight is 309 g/mol. The third kappa shape index (κ3) is 2.49. The highest BCUT2D eigenvalue weighted by atomic mass is 16.6. The number of ether oxygens (including phenoxy) is 1. The predicted octanol–water partition coefficient (Wildman–Crippen LogP) is -2.51. The van der Waals surface area contributed by atoms with Crippen molar-refractivity contribution in [2.45, 2.75) is 37.1 Å². The van der Waals surface area contributed by atoms with E-state index < -0.39 is 41.5 Å². The summed E-state index contributed by atoms with van der Waals surface area (Å²) in [4.78, 5) is 28.1. The van der Waals surface area contributed by atoms with Gasteiger partial charge in [0.2, 0.25) is 0 Å². The highest BCUT2D eigenvalue weighted by Crippen LogP contribution is 2.38. The smallest absolute Gasteiger partial charge is 0.350 e. The van der Waals surface area contributed by atoms with Crippen molar-refractivity contribution in [1.82, 2.24) is 14.5 Å². The Labute approximate surface area is 124 Å². The first-order chi connectivity index (χ1) is 10.3. The second-order valence-corrected chi connectivity index (χ2v) is 4.71. The molecule has 1 fully saturated rings. The zero-order valence-electron chi connectivity index (χ0n) is 11.6. The third-order valence-corrected chi connectivity index (χ3v) is 3.33. The molecule has 1 aromatic rings. The van der Waals surface area contributed by atoms with Crippen LogP contribution in [0.5, 0.6) is 0 Å². The Morgan fingerprint density at radius 1 is 1.64 bits per heavy atom. The molecule has 0 spiro atoms. The minimum atomic E-state index is -2.17. The third-order valence-electron chi connectivity index (χ3n) is 3.33. The Hall–Kier alpha value is -2.25. The number of hydrogen-bond donors (Lipinski definition) is 4. The minimum absolute atomic E-state index is 0.783. The molecule has 1 aliphatic heterocycles. The van der Waals surface area contributed by atoms with Gasteiger partial charge in [0.25, 0.3) is 0 Å². The van der Waals surface area contributed by atoms with Crippen molar-refractivity contribution in [3.8, 4) is 11.8 Å². The second-order valence-electron chi connectivity index (χ2n) is 4.71. The molecule has 1 unspecified atom stereocenters. The van der Waals surface area contributed by atoms with Gasteiger partial charge in [-0.1, -0.05) is 12.0 Å². The molecular weight excluding hydrogens is 294 g/mol. The number of aromatic nitrogens is 3. The average Bonchev–Trinajstić information content (AvgIpc) is 2.72. The van der Waals surface area contributed by atoms with Crippen LogP contribution in [0.1, 0.15) is 13.2 Å². The molecule has 2 rings (SSSR count). The fraction of sp³-hybridized carbons (Fsp3) is 0.462. The van der Waals surface area contributed by atoms with Crippen molar-refractivity contribution in [3.63, 3.8) is 0 Å². The number of nitrogens with zero attached hydrogens (tertiary/aromatic N) is 2. The van der Waals surface area contributed by atoms with E-state index in [2.05, 4.69) is 23.4 Å². The molecule has 0 amide bonds. The van der Waals surface area contributed by atoms with Crippen molar-refractivity contribution < 1.29 is 20.1 Å². The first-order valence-corrected chi connectivity index (χ1v) is 6.33. The van der Waals surface area contributed by atoms with Crippen LogP contribution in [0.25, 0.3) is 0 Å². The van der Waals surface area contributed by atoms with Crippen LogP contribution < -0.4 is 11.4 Å². The van der Waals surface area contributed by atoms with E-state index in [1.165, 1.54) is 6.92 Å². The maximum absolute atomic E-state index is 11.8. The van der Waals surface area contributed by atoms with Crippen LogP contribution in [-0.2, 0) is 4.74 Å². The number of hydrogen-bond acceptors (Lipinski definition) is 7. The number of aliphatic hydroxyl groups excluding tert-OH is 2. The van der Waals surface area contributed by atoms with Gasteiger partial charge >= 0.3 is 11.4 Å². The monoisotopic (exact) mass is 309 g/mol. The van der Waals surface area contributed by atoms with Gasteiger partial charge in [0.05, 0.1) is 0 Å². The highest BCUT2D eigenvalue weighted by molar-refractivity contribution is 5.23. The van der Waals surface area contributed by atoms with Crippen LogP contribution in [0.2, 0.25) is 0 Å². The number of H-pyrrole nitrogens is 1. The molecule has 22 heavy (non-hydrogen) atoms. The lowest BCUT2D eigenvalue weighted by molar-refractivity contribution is -0.0844. The minimum Gasteiger partial charge on any atom is -0.386 e. The van der Waals surface area contributed by atoms with Gasteiger partial charge in [0.15, 0.2) is 11.8 Å². The molecule has 0 aromatic carbocycles. The second kappa shape index (κ2) is 5.86.